The number of benzene rings is 1. The first-order chi connectivity index (χ1) is 9.25. The molecule has 1 saturated heterocycles. The fourth-order valence-corrected chi connectivity index (χ4v) is 2.23. The van der Waals surface area contributed by atoms with Gasteiger partial charge in [0.1, 0.15) is 0 Å². The molecule has 1 aliphatic heterocycles. The molecule has 0 radical (unpaired) electrons. The maximum Gasteiger partial charge on any atom is 0.234 e. The highest BCUT2D eigenvalue weighted by atomic mass is 16.5. The second kappa shape index (κ2) is 7.26. The average molecular weight is 262 g/mol. The molecule has 0 aliphatic carbocycles. The molecule has 1 aromatic rings. The van der Waals surface area contributed by atoms with Crippen molar-refractivity contribution in [3.8, 4) is 0 Å². The Morgan fingerprint density at radius 3 is 2.68 bits per heavy atom. The van der Waals surface area contributed by atoms with Gasteiger partial charge in [-0.2, -0.15) is 0 Å². The molecule has 19 heavy (non-hydrogen) atoms. The zero-order valence-corrected chi connectivity index (χ0v) is 11.4. The van der Waals surface area contributed by atoms with E-state index >= 15 is 0 Å². The molecule has 1 heterocycles. The SMILES string of the molecule is C[C@@H](NCC(=O)NC1CCOCC1)c1ccccc1. The molecular formula is C15H22N2O2. The number of hydrogen-bond donors (Lipinski definition) is 2. The van der Waals surface area contributed by atoms with Gasteiger partial charge in [-0.15, -0.1) is 0 Å². The van der Waals surface area contributed by atoms with Crippen LogP contribution in [0, 0.1) is 0 Å². The number of carbonyl (C=O) groups is 1. The molecular weight excluding hydrogens is 240 g/mol. The van der Waals surface area contributed by atoms with Gasteiger partial charge in [0.2, 0.25) is 5.91 Å². The summed E-state index contributed by atoms with van der Waals surface area (Å²) in [5.41, 5.74) is 1.20. The molecule has 2 rings (SSSR count). The van der Waals surface area contributed by atoms with E-state index in [0.717, 1.165) is 26.1 Å². The molecule has 4 nitrogen and oxygen atoms in total. The van der Waals surface area contributed by atoms with Crippen molar-refractivity contribution in [2.75, 3.05) is 19.8 Å². The second-order valence-corrected chi connectivity index (χ2v) is 4.97. The van der Waals surface area contributed by atoms with Crippen LogP contribution in [0.15, 0.2) is 30.3 Å². The molecule has 2 N–H and O–H groups in total. The lowest BCUT2D eigenvalue weighted by molar-refractivity contribution is -0.121. The largest absolute Gasteiger partial charge is 0.381 e. The van der Waals surface area contributed by atoms with Gasteiger partial charge >= 0.3 is 0 Å². The van der Waals surface area contributed by atoms with Crippen LogP contribution in [-0.4, -0.2) is 31.7 Å². The van der Waals surface area contributed by atoms with Gasteiger partial charge in [-0.25, -0.2) is 0 Å². The maximum atomic E-state index is 11.8. The van der Waals surface area contributed by atoms with Crippen molar-refractivity contribution in [3.63, 3.8) is 0 Å². The van der Waals surface area contributed by atoms with Crippen LogP contribution in [0.2, 0.25) is 0 Å². The van der Waals surface area contributed by atoms with Crippen molar-refractivity contribution in [1.29, 1.82) is 0 Å². The highest BCUT2D eigenvalue weighted by Gasteiger charge is 2.16. The van der Waals surface area contributed by atoms with E-state index in [1.165, 1.54) is 5.56 Å². The van der Waals surface area contributed by atoms with E-state index in [4.69, 9.17) is 4.74 Å². The van der Waals surface area contributed by atoms with Crippen molar-refractivity contribution in [2.24, 2.45) is 0 Å². The van der Waals surface area contributed by atoms with Crippen molar-refractivity contribution < 1.29 is 9.53 Å². The first-order valence-corrected chi connectivity index (χ1v) is 6.91. The van der Waals surface area contributed by atoms with Crippen LogP contribution in [0.3, 0.4) is 0 Å². The molecule has 1 aliphatic rings. The zero-order chi connectivity index (χ0) is 13.5. The summed E-state index contributed by atoms with van der Waals surface area (Å²) in [4.78, 5) is 11.8. The lowest BCUT2D eigenvalue weighted by atomic mass is 10.1. The van der Waals surface area contributed by atoms with E-state index in [1.807, 2.05) is 18.2 Å². The van der Waals surface area contributed by atoms with Crippen LogP contribution in [0.25, 0.3) is 0 Å². The highest BCUT2D eigenvalue weighted by Crippen LogP contribution is 2.10. The molecule has 0 spiro atoms. The summed E-state index contributed by atoms with van der Waals surface area (Å²) in [6.07, 6.45) is 1.83. The number of nitrogens with one attached hydrogen (secondary N) is 2. The van der Waals surface area contributed by atoms with Crippen molar-refractivity contribution in [1.82, 2.24) is 10.6 Å². The number of hydrogen-bond acceptors (Lipinski definition) is 3. The monoisotopic (exact) mass is 262 g/mol. The summed E-state index contributed by atoms with van der Waals surface area (Å²) >= 11 is 0. The minimum Gasteiger partial charge on any atom is -0.381 e. The van der Waals surface area contributed by atoms with Gasteiger partial charge in [0.05, 0.1) is 6.54 Å². The Hall–Kier alpha value is -1.39. The van der Waals surface area contributed by atoms with E-state index in [2.05, 4.69) is 29.7 Å². The average Bonchev–Trinajstić information content (AvgIpc) is 2.47. The molecule has 1 fully saturated rings. The topological polar surface area (TPSA) is 50.4 Å². The number of carbonyl (C=O) groups excluding carboxylic acids is 1. The summed E-state index contributed by atoms with van der Waals surface area (Å²) < 4.78 is 5.27. The van der Waals surface area contributed by atoms with E-state index in [0.29, 0.717) is 6.54 Å². The quantitative estimate of drug-likeness (QED) is 0.848. The van der Waals surface area contributed by atoms with E-state index in [9.17, 15) is 4.79 Å². The molecule has 104 valence electrons. The first-order valence-electron chi connectivity index (χ1n) is 6.91. The van der Waals surface area contributed by atoms with Gasteiger partial charge in [0.15, 0.2) is 0 Å². The molecule has 0 aromatic heterocycles. The molecule has 4 heteroatoms. The Bertz CT molecular complexity index is 388. The van der Waals surface area contributed by atoms with Gasteiger partial charge in [-0.3, -0.25) is 4.79 Å². The van der Waals surface area contributed by atoms with Crippen LogP contribution < -0.4 is 10.6 Å². The second-order valence-electron chi connectivity index (χ2n) is 4.97. The Balaban J connectivity index is 1.71. The Morgan fingerprint density at radius 2 is 2.00 bits per heavy atom. The third kappa shape index (κ3) is 4.65. The predicted octanol–water partition coefficient (Wildman–Crippen LogP) is 1.63. The minimum atomic E-state index is 0.0645. The van der Waals surface area contributed by atoms with Crippen molar-refractivity contribution >= 4 is 5.91 Å². The smallest absolute Gasteiger partial charge is 0.234 e. The van der Waals surface area contributed by atoms with Crippen LogP contribution in [0.5, 0.6) is 0 Å². The lowest BCUT2D eigenvalue weighted by Crippen LogP contribution is -2.43. The highest BCUT2D eigenvalue weighted by molar-refractivity contribution is 5.78. The van der Waals surface area contributed by atoms with Crippen LogP contribution >= 0.6 is 0 Å². The van der Waals surface area contributed by atoms with Gasteiger partial charge in [0.25, 0.3) is 0 Å². The van der Waals surface area contributed by atoms with Crippen LogP contribution in [-0.2, 0) is 9.53 Å². The summed E-state index contributed by atoms with van der Waals surface area (Å²) in [7, 11) is 0. The summed E-state index contributed by atoms with van der Waals surface area (Å²) in [6.45, 7) is 3.92. The molecule has 1 atom stereocenters. The van der Waals surface area contributed by atoms with E-state index in [1.54, 1.807) is 0 Å². The Kier molecular flexibility index (Phi) is 5.36. The third-order valence-corrected chi connectivity index (χ3v) is 3.45. The number of ether oxygens (including phenoxy) is 1. The summed E-state index contributed by atoms with van der Waals surface area (Å²) in [5, 5.41) is 6.29. The summed E-state index contributed by atoms with van der Waals surface area (Å²) in [5.74, 6) is 0.0645. The van der Waals surface area contributed by atoms with Crippen molar-refractivity contribution in [3.05, 3.63) is 35.9 Å². The van der Waals surface area contributed by atoms with Crippen LogP contribution in [0.1, 0.15) is 31.4 Å². The van der Waals surface area contributed by atoms with Gasteiger partial charge in [0, 0.05) is 25.3 Å². The normalized spacial score (nSPS) is 17.9. The van der Waals surface area contributed by atoms with Gasteiger partial charge < -0.3 is 15.4 Å². The number of rotatable bonds is 5. The lowest BCUT2D eigenvalue weighted by Gasteiger charge is -2.23. The summed E-state index contributed by atoms with van der Waals surface area (Å²) in [6, 6.07) is 10.6. The third-order valence-electron chi connectivity index (χ3n) is 3.45. The molecule has 0 bridgehead atoms. The maximum absolute atomic E-state index is 11.8. The fourth-order valence-electron chi connectivity index (χ4n) is 2.23. The standard InChI is InChI=1S/C15H22N2O2/c1-12(13-5-3-2-4-6-13)16-11-15(18)17-14-7-9-19-10-8-14/h2-6,12,14,16H,7-11H2,1H3,(H,17,18)/t12-/m1/s1. The van der Waals surface area contributed by atoms with Gasteiger partial charge in [-0.05, 0) is 25.3 Å². The van der Waals surface area contributed by atoms with Crippen molar-refractivity contribution in [2.45, 2.75) is 31.8 Å². The first kappa shape index (κ1) is 14.0. The molecule has 0 unspecified atom stereocenters. The number of amides is 1. The molecule has 0 saturated carbocycles. The minimum absolute atomic E-state index is 0.0645. The Morgan fingerprint density at radius 1 is 1.32 bits per heavy atom. The van der Waals surface area contributed by atoms with Gasteiger partial charge in [-0.1, -0.05) is 30.3 Å². The van der Waals surface area contributed by atoms with E-state index < -0.39 is 0 Å². The van der Waals surface area contributed by atoms with Crippen LogP contribution in [0.4, 0.5) is 0 Å². The molecule has 1 amide bonds. The fraction of sp³-hybridized carbons (Fsp3) is 0.533. The van der Waals surface area contributed by atoms with E-state index in [-0.39, 0.29) is 18.0 Å². The molecule has 1 aromatic carbocycles. The zero-order valence-electron chi connectivity index (χ0n) is 11.4. The Labute approximate surface area is 114 Å². The predicted molar refractivity (Wildman–Crippen MR) is 74.8 cm³/mol.